The molecule has 0 spiro atoms. The van der Waals surface area contributed by atoms with Gasteiger partial charge in [-0.05, 0) is 110 Å². The van der Waals surface area contributed by atoms with Gasteiger partial charge in [-0.1, -0.05) is 47.1 Å². The van der Waals surface area contributed by atoms with E-state index < -0.39 is 107 Å². The van der Waals surface area contributed by atoms with E-state index in [0.29, 0.717) is 25.7 Å². The molecule has 0 amide bonds. The molecule has 2 aliphatic heterocycles. The van der Waals surface area contributed by atoms with Crippen LogP contribution in [0.15, 0.2) is 11.6 Å². The van der Waals surface area contributed by atoms with Crippen molar-refractivity contribution < 1.29 is 79.0 Å². The van der Waals surface area contributed by atoms with Crippen LogP contribution in [0.3, 0.4) is 0 Å². The van der Waals surface area contributed by atoms with Crippen molar-refractivity contribution in [2.45, 2.75) is 174 Å². The highest BCUT2D eigenvalue weighted by Gasteiger charge is 2.71. The second-order valence-electron chi connectivity index (χ2n) is 20.6. The number of carbonyl (C=O) groups excluding carboxylic acids is 1. The predicted octanol–water partition coefficient (Wildman–Crippen LogP) is 2.25. The van der Waals surface area contributed by atoms with Crippen LogP contribution in [-0.4, -0.2) is 132 Å². The lowest BCUT2D eigenvalue weighted by Crippen LogP contribution is -2.68. The number of ketones is 1. The molecule has 0 aromatic carbocycles. The van der Waals surface area contributed by atoms with Gasteiger partial charge in [0.25, 0.3) is 0 Å². The second kappa shape index (κ2) is 14.3. The van der Waals surface area contributed by atoms with Gasteiger partial charge in [-0.2, -0.15) is 0 Å². The van der Waals surface area contributed by atoms with Gasteiger partial charge < -0.3 is 59.8 Å². The number of carbonyl (C=O) groups is 4. The molecule has 0 aromatic rings. The summed E-state index contributed by atoms with van der Waals surface area (Å²) in [4.78, 5) is 51.3. The quantitative estimate of drug-likeness (QED) is 0.171. The number of allylic oxidation sites excluding steroid dienone is 2. The predicted molar refractivity (Wildman–Crippen MR) is 199 cm³/mol. The first-order valence-corrected chi connectivity index (χ1v) is 20.7. The molecule has 19 atom stereocenters. The Balaban J connectivity index is 1.17. The Morgan fingerprint density at radius 3 is 1.88 bits per heavy atom. The zero-order chi connectivity index (χ0) is 42.9. The monoisotopic (exact) mass is 822 g/mol. The van der Waals surface area contributed by atoms with Crippen molar-refractivity contribution in [3.05, 3.63) is 11.6 Å². The first-order chi connectivity index (χ1) is 26.8. The highest BCUT2D eigenvalue weighted by atomic mass is 16.8. The fourth-order valence-corrected chi connectivity index (χ4v) is 13.4. The van der Waals surface area contributed by atoms with Gasteiger partial charge in [-0.15, -0.1) is 0 Å². The molecule has 7 aliphatic rings. The SMILES string of the molecule is CC1(C)C2CC[C@]3(C)C(C(=O)C=C4[C@@H]5C[C@@](C)(C(=O)O)CC[C@]5(C)CCC43C)[C@@]2(C)CC[C@@H]1OC1OC(C(=O)O)C(O)C(O)C1OC1OC(C(=O)O)C(O)C(O)C1O. The highest BCUT2D eigenvalue weighted by Crippen LogP contribution is 2.75. The van der Waals surface area contributed by atoms with Crippen molar-refractivity contribution in [1.82, 2.24) is 0 Å². The molecular weight excluding hydrogens is 760 g/mol. The molecule has 0 bridgehead atoms. The summed E-state index contributed by atoms with van der Waals surface area (Å²) >= 11 is 0. The van der Waals surface area contributed by atoms with Crippen LogP contribution in [0.1, 0.15) is 106 Å². The molecule has 6 fully saturated rings. The number of hydrogen-bond acceptors (Lipinski definition) is 13. The topological polar surface area (TPSA) is 267 Å². The summed E-state index contributed by atoms with van der Waals surface area (Å²) in [5, 5.41) is 83.0. The van der Waals surface area contributed by atoms with Crippen molar-refractivity contribution in [2.75, 3.05) is 0 Å². The third kappa shape index (κ3) is 6.25. The molecule has 2 saturated heterocycles. The Morgan fingerprint density at radius 1 is 0.690 bits per heavy atom. The van der Waals surface area contributed by atoms with E-state index in [4.69, 9.17) is 18.9 Å². The number of aliphatic hydroxyl groups excluding tert-OH is 5. The number of fused-ring (bicyclic) bond motifs is 7. The van der Waals surface area contributed by atoms with Gasteiger partial charge in [0.1, 0.15) is 36.6 Å². The van der Waals surface area contributed by atoms with Crippen LogP contribution in [0.2, 0.25) is 0 Å². The number of rotatable bonds is 7. The summed E-state index contributed by atoms with van der Waals surface area (Å²) < 4.78 is 23.4. The van der Waals surface area contributed by atoms with E-state index in [2.05, 4.69) is 27.7 Å². The molecule has 4 saturated carbocycles. The van der Waals surface area contributed by atoms with Crippen LogP contribution in [0, 0.1) is 50.2 Å². The van der Waals surface area contributed by atoms with E-state index in [9.17, 15) is 60.0 Å². The van der Waals surface area contributed by atoms with Gasteiger partial charge >= 0.3 is 17.9 Å². The van der Waals surface area contributed by atoms with Crippen molar-refractivity contribution in [3.63, 3.8) is 0 Å². The molecular formula is C42H62O16. The fraction of sp³-hybridized carbons (Fsp3) is 0.857. The number of carboxylic acids is 3. The van der Waals surface area contributed by atoms with Gasteiger partial charge in [0, 0.05) is 5.92 Å². The van der Waals surface area contributed by atoms with Crippen LogP contribution in [0.25, 0.3) is 0 Å². The zero-order valence-corrected chi connectivity index (χ0v) is 34.4. The Kier molecular flexibility index (Phi) is 10.7. The molecule has 58 heavy (non-hydrogen) atoms. The Morgan fingerprint density at radius 2 is 1.28 bits per heavy atom. The number of ether oxygens (including phenoxy) is 4. The number of aliphatic carboxylic acids is 3. The molecule has 326 valence electrons. The molecule has 2 heterocycles. The molecule has 7 rings (SSSR count). The number of carboxylic acid groups (broad SMARTS) is 3. The first kappa shape index (κ1) is 43.5. The first-order valence-electron chi connectivity index (χ1n) is 20.7. The normalized spacial score (nSPS) is 52.6. The van der Waals surface area contributed by atoms with Crippen LogP contribution in [0.5, 0.6) is 0 Å². The molecule has 16 heteroatoms. The molecule has 0 radical (unpaired) electrons. The van der Waals surface area contributed by atoms with E-state index in [1.54, 1.807) is 0 Å². The largest absolute Gasteiger partial charge is 0.481 e. The molecule has 8 N–H and O–H groups in total. The second-order valence-corrected chi connectivity index (χ2v) is 20.6. The zero-order valence-electron chi connectivity index (χ0n) is 34.4. The van der Waals surface area contributed by atoms with Crippen LogP contribution in [-0.2, 0) is 38.1 Å². The average Bonchev–Trinajstić information content (AvgIpc) is 3.13. The van der Waals surface area contributed by atoms with Gasteiger partial charge in [-0.25, -0.2) is 9.59 Å². The molecule has 5 aliphatic carbocycles. The van der Waals surface area contributed by atoms with Gasteiger partial charge in [0.15, 0.2) is 30.6 Å². The minimum Gasteiger partial charge on any atom is -0.481 e. The smallest absolute Gasteiger partial charge is 0.335 e. The summed E-state index contributed by atoms with van der Waals surface area (Å²) in [6, 6.07) is 0. The summed E-state index contributed by atoms with van der Waals surface area (Å²) in [5.41, 5.74) is -1.81. The third-order valence-corrected chi connectivity index (χ3v) is 17.2. The number of hydrogen-bond donors (Lipinski definition) is 8. The maximum Gasteiger partial charge on any atom is 0.335 e. The van der Waals surface area contributed by atoms with Crippen LogP contribution >= 0.6 is 0 Å². The summed E-state index contributed by atoms with van der Waals surface area (Å²) in [6.07, 6.45) is -12.2. The lowest BCUT2D eigenvalue weighted by Gasteiger charge is -2.70. The average molecular weight is 823 g/mol. The Bertz CT molecular complexity index is 1730. The van der Waals surface area contributed by atoms with E-state index >= 15 is 0 Å². The molecule has 0 aromatic heterocycles. The maximum atomic E-state index is 14.8. The summed E-state index contributed by atoms with van der Waals surface area (Å²) in [5.74, 6) is -4.47. The summed E-state index contributed by atoms with van der Waals surface area (Å²) in [6.45, 7) is 14.8. The molecule has 13 unspecified atom stereocenters. The maximum absolute atomic E-state index is 14.8. The Labute approximate surface area is 337 Å². The fourth-order valence-electron chi connectivity index (χ4n) is 13.4. The van der Waals surface area contributed by atoms with Gasteiger partial charge in [0.2, 0.25) is 0 Å². The van der Waals surface area contributed by atoms with Crippen molar-refractivity contribution >= 4 is 23.7 Å². The Hall–Kier alpha value is -2.54. The lowest BCUT2D eigenvalue weighted by molar-refractivity contribution is -0.371. The van der Waals surface area contributed by atoms with Crippen LogP contribution in [0.4, 0.5) is 0 Å². The third-order valence-electron chi connectivity index (χ3n) is 17.2. The van der Waals surface area contributed by atoms with E-state index in [1.165, 1.54) is 0 Å². The van der Waals surface area contributed by atoms with Gasteiger partial charge in [-0.3, -0.25) is 9.59 Å². The minimum atomic E-state index is -2.05. The summed E-state index contributed by atoms with van der Waals surface area (Å²) in [7, 11) is 0. The van der Waals surface area contributed by atoms with Crippen LogP contribution < -0.4 is 0 Å². The van der Waals surface area contributed by atoms with E-state index in [-0.39, 0.29) is 34.4 Å². The van der Waals surface area contributed by atoms with Crippen molar-refractivity contribution in [2.24, 2.45) is 50.2 Å². The highest BCUT2D eigenvalue weighted by molar-refractivity contribution is 5.95. The number of aliphatic hydroxyl groups is 5. The van der Waals surface area contributed by atoms with Gasteiger partial charge in [0.05, 0.1) is 11.5 Å². The van der Waals surface area contributed by atoms with Crippen molar-refractivity contribution in [1.29, 1.82) is 0 Å². The standard InChI is InChI=1S/C42H62O16/c1-37(2)21-8-11-42(7)31(20(43)16-18-19-17-39(4,36(53)54)13-12-38(19,3)14-15-41(18,42)6)40(21,5)10-9-22(37)55-35-30(26(47)25(46)29(57-35)33(51)52)58-34-27(48)23(44)24(45)28(56-34)32(49)50/h16,19,21-31,34-35,44-48H,8-15,17H2,1-7H3,(H,49,50)(H,51,52)(H,53,54)/t19-,21?,22-,23?,24?,25?,26?,27?,28?,29?,30?,31?,34?,35?,38+,39-,40-,41?,42+/m0/s1. The lowest BCUT2D eigenvalue weighted by atomic mass is 9.33. The van der Waals surface area contributed by atoms with Crippen molar-refractivity contribution in [3.8, 4) is 0 Å². The van der Waals surface area contributed by atoms with E-state index in [1.807, 2.05) is 26.8 Å². The molecule has 16 nitrogen and oxygen atoms in total. The van der Waals surface area contributed by atoms with E-state index in [0.717, 1.165) is 37.7 Å². The minimum absolute atomic E-state index is 0.0217.